The molecule has 1 aliphatic heterocycles. The van der Waals surface area contributed by atoms with Crippen LogP contribution < -0.4 is 10.1 Å². The van der Waals surface area contributed by atoms with E-state index in [1.807, 2.05) is 18.3 Å². The fraction of sp³-hybridized carbons (Fsp3) is 0.471. The van der Waals surface area contributed by atoms with E-state index in [1.165, 1.54) is 24.9 Å². The third-order valence-electron chi connectivity index (χ3n) is 4.30. The van der Waals surface area contributed by atoms with Crippen LogP contribution in [-0.4, -0.2) is 48.4 Å². The van der Waals surface area contributed by atoms with Crippen LogP contribution in [0, 0.1) is 0 Å². The molecule has 5 nitrogen and oxygen atoms in total. The van der Waals surface area contributed by atoms with E-state index in [4.69, 9.17) is 4.74 Å². The molecule has 0 radical (unpaired) electrons. The monoisotopic (exact) mass is 300 g/mol. The van der Waals surface area contributed by atoms with Gasteiger partial charge in [-0.15, -0.1) is 0 Å². The maximum atomic E-state index is 5.21. The smallest absolute Gasteiger partial charge is 0.118 e. The number of likely N-dealkylation sites (tertiary alicyclic amines) is 1. The molecular weight excluding hydrogens is 276 g/mol. The van der Waals surface area contributed by atoms with Gasteiger partial charge in [0.2, 0.25) is 0 Å². The summed E-state index contributed by atoms with van der Waals surface area (Å²) in [6.45, 7) is 3.17. The van der Waals surface area contributed by atoms with Crippen LogP contribution in [-0.2, 0) is 6.54 Å². The second-order valence-corrected chi connectivity index (χ2v) is 5.98. The molecule has 2 N–H and O–H groups in total. The van der Waals surface area contributed by atoms with Gasteiger partial charge in [0.05, 0.1) is 19.0 Å². The Balaban J connectivity index is 1.66. The van der Waals surface area contributed by atoms with Crippen molar-refractivity contribution >= 4 is 0 Å². The van der Waals surface area contributed by atoms with Gasteiger partial charge in [-0.3, -0.25) is 5.10 Å². The van der Waals surface area contributed by atoms with Crippen molar-refractivity contribution in [3.8, 4) is 17.0 Å². The summed E-state index contributed by atoms with van der Waals surface area (Å²) in [6, 6.07) is 8.64. The lowest BCUT2D eigenvalue weighted by molar-refractivity contribution is 0.226. The summed E-state index contributed by atoms with van der Waals surface area (Å²) < 4.78 is 5.21. The largest absolute Gasteiger partial charge is 0.497 e. The molecule has 0 spiro atoms. The molecule has 1 aliphatic rings. The minimum Gasteiger partial charge on any atom is -0.497 e. The lowest BCUT2D eigenvalue weighted by Crippen LogP contribution is -2.43. The Labute approximate surface area is 131 Å². The summed E-state index contributed by atoms with van der Waals surface area (Å²) in [4.78, 5) is 2.39. The quantitative estimate of drug-likeness (QED) is 0.889. The summed E-state index contributed by atoms with van der Waals surface area (Å²) in [7, 11) is 3.87. The second kappa shape index (κ2) is 6.94. The standard InChI is InChI=1S/C17H24N4O/c1-21-9-3-4-15(12-21)18-10-14-11-19-20-17(14)13-5-7-16(22-2)8-6-13/h5-8,11,15,18H,3-4,9-10,12H2,1-2H3,(H,19,20). The van der Waals surface area contributed by atoms with E-state index in [1.54, 1.807) is 7.11 Å². The Kier molecular flexibility index (Phi) is 4.75. The van der Waals surface area contributed by atoms with Crippen molar-refractivity contribution in [2.75, 3.05) is 27.2 Å². The number of nitrogens with zero attached hydrogens (tertiary/aromatic N) is 2. The van der Waals surface area contributed by atoms with E-state index < -0.39 is 0 Å². The summed E-state index contributed by atoms with van der Waals surface area (Å²) in [6.07, 6.45) is 4.43. The van der Waals surface area contributed by atoms with Gasteiger partial charge in [-0.25, -0.2) is 0 Å². The Morgan fingerprint density at radius 2 is 2.18 bits per heavy atom. The van der Waals surface area contributed by atoms with E-state index in [9.17, 15) is 0 Å². The van der Waals surface area contributed by atoms with Crippen LogP contribution in [0.2, 0.25) is 0 Å². The lowest BCUT2D eigenvalue weighted by atomic mass is 10.0. The lowest BCUT2D eigenvalue weighted by Gasteiger charge is -2.30. The molecule has 2 heterocycles. The van der Waals surface area contributed by atoms with Crippen LogP contribution in [0.25, 0.3) is 11.3 Å². The first kappa shape index (κ1) is 15.1. The topological polar surface area (TPSA) is 53.2 Å². The number of ether oxygens (including phenoxy) is 1. The van der Waals surface area contributed by atoms with Crippen molar-refractivity contribution < 1.29 is 4.74 Å². The molecule has 1 aromatic heterocycles. The Morgan fingerprint density at radius 1 is 1.36 bits per heavy atom. The fourth-order valence-electron chi connectivity index (χ4n) is 3.04. The molecule has 1 fully saturated rings. The molecule has 1 saturated heterocycles. The van der Waals surface area contributed by atoms with Crippen molar-refractivity contribution in [3.05, 3.63) is 36.0 Å². The summed E-state index contributed by atoms with van der Waals surface area (Å²) >= 11 is 0. The zero-order chi connectivity index (χ0) is 15.4. The van der Waals surface area contributed by atoms with Crippen LogP contribution in [0.1, 0.15) is 18.4 Å². The Hall–Kier alpha value is -1.85. The maximum absolute atomic E-state index is 5.21. The number of nitrogens with one attached hydrogen (secondary N) is 2. The predicted octanol–water partition coefficient (Wildman–Crippen LogP) is 2.27. The molecule has 0 amide bonds. The van der Waals surface area contributed by atoms with Gasteiger partial charge in [-0.1, -0.05) is 0 Å². The number of piperidine rings is 1. The predicted molar refractivity (Wildman–Crippen MR) is 87.9 cm³/mol. The average molecular weight is 300 g/mol. The second-order valence-electron chi connectivity index (χ2n) is 5.98. The molecule has 0 saturated carbocycles. The molecule has 1 aromatic carbocycles. The molecule has 2 aromatic rings. The number of H-pyrrole nitrogens is 1. The first-order chi connectivity index (χ1) is 10.8. The molecule has 0 bridgehead atoms. The van der Waals surface area contributed by atoms with Gasteiger partial charge in [0.15, 0.2) is 0 Å². The third kappa shape index (κ3) is 3.48. The van der Waals surface area contributed by atoms with E-state index >= 15 is 0 Å². The number of methoxy groups -OCH3 is 1. The number of likely N-dealkylation sites (N-methyl/N-ethyl adjacent to an activating group) is 1. The maximum Gasteiger partial charge on any atom is 0.118 e. The molecule has 22 heavy (non-hydrogen) atoms. The zero-order valence-corrected chi connectivity index (χ0v) is 13.3. The van der Waals surface area contributed by atoms with E-state index in [0.717, 1.165) is 30.1 Å². The van der Waals surface area contributed by atoms with Gasteiger partial charge in [-0.05, 0) is 50.7 Å². The van der Waals surface area contributed by atoms with Crippen LogP contribution in [0.15, 0.2) is 30.5 Å². The summed E-state index contributed by atoms with van der Waals surface area (Å²) in [5.41, 5.74) is 3.42. The van der Waals surface area contributed by atoms with Crippen LogP contribution in [0.5, 0.6) is 5.75 Å². The Morgan fingerprint density at radius 3 is 2.91 bits per heavy atom. The van der Waals surface area contributed by atoms with Crippen molar-refractivity contribution in [2.24, 2.45) is 0 Å². The number of hydrogen-bond acceptors (Lipinski definition) is 4. The highest BCUT2D eigenvalue weighted by molar-refractivity contribution is 5.63. The molecular formula is C17H24N4O. The first-order valence-corrected chi connectivity index (χ1v) is 7.85. The first-order valence-electron chi connectivity index (χ1n) is 7.85. The fourth-order valence-corrected chi connectivity index (χ4v) is 3.04. The molecule has 3 rings (SSSR count). The molecule has 1 unspecified atom stereocenters. The average Bonchev–Trinajstić information content (AvgIpc) is 3.01. The summed E-state index contributed by atoms with van der Waals surface area (Å²) in [5.74, 6) is 0.869. The van der Waals surface area contributed by atoms with E-state index in [0.29, 0.717) is 6.04 Å². The molecule has 118 valence electrons. The number of aromatic nitrogens is 2. The van der Waals surface area contributed by atoms with Crippen molar-refractivity contribution in [3.63, 3.8) is 0 Å². The zero-order valence-electron chi connectivity index (χ0n) is 13.3. The molecule has 1 atom stereocenters. The van der Waals surface area contributed by atoms with E-state index in [-0.39, 0.29) is 0 Å². The minimum absolute atomic E-state index is 0.567. The number of aromatic amines is 1. The third-order valence-corrected chi connectivity index (χ3v) is 4.30. The summed E-state index contributed by atoms with van der Waals surface area (Å²) in [5, 5.41) is 11.0. The van der Waals surface area contributed by atoms with Gasteiger partial charge in [0.1, 0.15) is 5.75 Å². The SMILES string of the molecule is COc1ccc(-c2[nH]ncc2CNC2CCCN(C)C2)cc1. The van der Waals surface area contributed by atoms with Crippen molar-refractivity contribution in [1.82, 2.24) is 20.4 Å². The minimum atomic E-state index is 0.567. The normalized spacial score (nSPS) is 19.3. The van der Waals surface area contributed by atoms with Gasteiger partial charge < -0.3 is 15.0 Å². The van der Waals surface area contributed by atoms with Crippen LogP contribution >= 0.6 is 0 Å². The van der Waals surface area contributed by atoms with Gasteiger partial charge in [-0.2, -0.15) is 5.10 Å². The number of rotatable bonds is 5. The van der Waals surface area contributed by atoms with Gasteiger partial charge >= 0.3 is 0 Å². The highest BCUT2D eigenvalue weighted by atomic mass is 16.5. The van der Waals surface area contributed by atoms with Crippen LogP contribution in [0.4, 0.5) is 0 Å². The molecule has 5 heteroatoms. The highest BCUT2D eigenvalue weighted by Crippen LogP contribution is 2.23. The van der Waals surface area contributed by atoms with Crippen molar-refractivity contribution in [1.29, 1.82) is 0 Å². The Bertz CT molecular complexity index is 593. The highest BCUT2D eigenvalue weighted by Gasteiger charge is 2.17. The number of benzene rings is 1. The van der Waals surface area contributed by atoms with Gasteiger partial charge in [0.25, 0.3) is 0 Å². The van der Waals surface area contributed by atoms with Crippen molar-refractivity contribution in [2.45, 2.75) is 25.4 Å². The number of hydrogen-bond donors (Lipinski definition) is 2. The van der Waals surface area contributed by atoms with Crippen LogP contribution in [0.3, 0.4) is 0 Å². The van der Waals surface area contributed by atoms with E-state index in [2.05, 4.69) is 39.6 Å². The molecule has 0 aliphatic carbocycles. The van der Waals surface area contributed by atoms with Gasteiger partial charge in [0, 0.05) is 30.3 Å².